The van der Waals surface area contributed by atoms with Gasteiger partial charge in [-0.05, 0) is 24.3 Å². The Hall–Kier alpha value is -2.40. The summed E-state index contributed by atoms with van der Waals surface area (Å²) in [5.41, 5.74) is 6.17. The second-order valence-corrected chi connectivity index (χ2v) is 5.21. The Bertz CT molecular complexity index is 868. The molecule has 0 saturated carbocycles. The van der Waals surface area contributed by atoms with Crippen molar-refractivity contribution in [3.05, 3.63) is 58.3 Å². The minimum atomic E-state index is 0.00964. The molecule has 0 saturated heterocycles. The Morgan fingerprint density at radius 1 is 1.11 bits per heavy atom. The van der Waals surface area contributed by atoms with Crippen LogP contribution in [0.1, 0.15) is 5.56 Å². The number of nitrogens with zero attached hydrogens (tertiary/aromatic N) is 1. The van der Waals surface area contributed by atoms with Crippen molar-refractivity contribution in [1.29, 1.82) is 0 Å². The zero-order chi connectivity index (χ0) is 13.4. The van der Waals surface area contributed by atoms with Crippen LogP contribution in [0.3, 0.4) is 0 Å². The molecule has 0 aliphatic carbocycles. The summed E-state index contributed by atoms with van der Waals surface area (Å²) in [6.07, 6.45) is 0. The van der Waals surface area contributed by atoms with Crippen molar-refractivity contribution < 1.29 is 5.21 Å². The smallest absolute Gasteiger partial charge is 0.195 e. The van der Waals surface area contributed by atoms with E-state index in [2.05, 4.69) is 5.16 Å². The fourth-order valence-corrected chi connectivity index (χ4v) is 3.13. The SMILES string of the molecule is N/C(=N\O)c1ccc2c(=O)c3ccccc3sc2c1. The highest BCUT2D eigenvalue weighted by atomic mass is 32.1. The number of nitrogens with two attached hydrogens (primary N) is 1. The first kappa shape index (κ1) is 11.7. The molecule has 0 bridgehead atoms. The Labute approximate surface area is 112 Å². The van der Waals surface area contributed by atoms with Gasteiger partial charge in [-0.3, -0.25) is 4.79 Å². The molecule has 2 aromatic carbocycles. The van der Waals surface area contributed by atoms with Gasteiger partial charge in [-0.1, -0.05) is 23.4 Å². The quantitative estimate of drug-likeness (QED) is 0.234. The molecule has 4 nitrogen and oxygen atoms in total. The second-order valence-electron chi connectivity index (χ2n) is 4.12. The molecule has 0 atom stereocenters. The molecule has 0 aliphatic heterocycles. The molecule has 94 valence electrons. The minimum Gasteiger partial charge on any atom is -0.409 e. The van der Waals surface area contributed by atoms with E-state index in [1.807, 2.05) is 24.3 Å². The van der Waals surface area contributed by atoms with Crippen LogP contribution in [0.15, 0.2) is 52.4 Å². The number of rotatable bonds is 1. The van der Waals surface area contributed by atoms with Gasteiger partial charge in [0.2, 0.25) is 0 Å². The van der Waals surface area contributed by atoms with E-state index in [0.717, 1.165) is 14.8 Å². The molecular formula is C14H10N2O2S. The van der Waals surface area contributed by atoms with Gasteiger partial charge >= 0.3 is 0 Å². The highest BCUT2D eigenvalue weighted by Gasteiger charge is 2.07. The fourth-order valence-electron chi connectivity index (χ4n) is 2.02. The molecule has 5 heteroatoms. The lowest BCUT2D eigenvalue weighted by Gasteiger charge is -2.03. The van der Waals surface area contributed by atoms with E-state index in [1.165, 1.54) is 11.3 Å². The van der Waals surface area contributed by atoms with E-state index in [0.29, 0.717) is 10.9 Å². The van der Waals surface area contributed by atoms with Crippen LogP contribution in [0.5, 0.6) is 0 Å². The second kappa shape index (κ2) is 4.37. The first-order chi connectivity index (χ1) is 9.20. The van der Waals surface area contributed by atoms with Crippen LogP contribution >= 0.6 is 11.3 Å². The summed E-state index contributed by atoms with van der Waals surface area (Å²) >= 11 is 1.52. The molecule has 0 fully saturated rings. The largest absolute Gasteiger partial charge is 0.409 e. The van der Waals surface area contributed by atoms with Crippen molar-refractivity contribution in [1.82, 2.24) is 0 Å². The van der Waals surface area contributed by atoms with Crippen LogP contribution in [-0.2, 0) is 0 Å². The van der Waals surface area contributed by atoms with Crippen molar-refractivity contribution in [3.8, 4) is 0 Å². The number of hydrogen-bond acceptors (Lipinski definition) is 4. The zero-order valence-electron chi connectivity index (χ0n) is 9.83. The number of benzene rings is 2. The standard InChI is InChI=1S/C14H10N2O2S/c15-14(16-18)8-5-6-10-12(7-8)19-11-4-2-1-3-9(11)13(10)17/h1-7,18H,(H2,15,16). The van der Waals surface area contributed by atoms with Gasteiger partial charge in [0.15, 0.2) is 11.3 Å². The monoisotopic (exact) mass is 270 g/mol. The van der Waals surface area contributed by atoms with Crippen LogP contribution in [0.25, 0.3) is 20.2 Å². The van der Waals surface area contributed by atoms with Crippen LogP contribution in [0.2, 0.25) is 0 Å². The van der Waals surface area contributed by atoms with E-state index >= 15 is 0 Å². The summed E-state index contributed by atoms with van der Waals surface area (Å²) in [5, 5.41) is 13.0. The molecule has 0 spiro atoms. The third-order valence-electron chi connectivity index (χ3n) is 2.98. The number of hydrogen-bond donors (Lipinski definition) is 2. The summed E-state index contributed by atoms with van der Waals surface area (Å²) in [6, 6.07) is 12.7. The average Bonchev–Trinajstić information content (AvgIpc) is 2.46. The summed E-state index contributed by atoms with van der Waals surface area (Å²) in [5.74, 6) is 0.0368. The molecule has 1 aromatic heterocycles. The first-order valence-electron chi connectivity index (χ1n) is 5.64. The molecule has 0 aliphatic rings. The van der Waals surface area contributed by atoms with Crippen molar-refractivity contribution in [2.75, 3.05) is 0 Å². The maximum Gasteiger partial charge on any atom is 0.195 e. The third kappa shape index (κ3) is 1.84. The van der Waals surface area contributed by atoms with Gasteiger partial charge in [-0.15, -0.1) is 11.3 Å². The van der Waals surface area contributed by atoms with Crippen molar-refractivity contribution in [2.45, 2.75) is 0 Å². The van der Waals surface area contributed by atoms with Crippen molar-refractivity contribution in [2.24, 2.45) is 10.9 Å². The summed E-state index contributed by atoms with van der Waals surface area (Å²) in [4.78, 5) is 12.3. The molecule has 0 unspecified atom stereocenters. The molecular weight excluding hydrogens is 260 g/mol. The Kier molecular flexibility index (Phi) is 2.68. The van der Waals surface area contributed by atoms with Gasteiger partial charge in [0.1, 0.15) is 0 Å². The Balaban J connectivity index is 2.42. The maximum absolute atomic E-state index is 12.3. The molecule has 1 heterocycles. The highest BCUT2D eigenvalue weighted by Crippen LogP contribution is 2.25. The van der Waals surface area contributed by atoms with E-state index in [-0.39, 0.29) is 11.3 Å². The lowest BCUT2D eigenvalue weighted by atomic mass is 10.1. The fraction of sp³-hybridized carbons (Fsp3) is 0. The van der Waals surface area contributed by atoms with E-state index in [4.69, 9.17) is 10.9 Å². The normalized spacial score (nSPS) is 12.1. The maximum atomic E-state index is 12.3. The number of amidine groups is 1. The van der Waals surface area contributed by atoms with Crippen LogP contribution in [0.4, 0.5) is 0 Å². The van der Waals surface area contributed by atoms with Gasteiger partial charge in [0.05, 0.1) is 0 Å². The van der Waals surface area contributed by atoms with Crippen molar-refractivity contribution >= 4 is 37.3 Å². The van der Waals surface area contributed by atoms with Crippen LogP contribution in [-0.4, -0.2) is 11.0 Å². The number of oxime groups is 1. The van der Waals surface area contributed by atoms with Crippen molar-refractivity contribution in [3.63, 3.8) is 0 Å². The van der Waals surface area contributed by atoms with Crippen LogP contribution in [0, 0.1) is 0 Å². The first-order valence-corrected chi connectivity index (χ1v) is 6.46. The average molecular weight is 270 g/mol. The Morgan fingerprint density at radius 2 is 1.84 bits per heavy atom. The van der Waals surface area contributed by atoms with Gasteiger partial charge in [-0.25, -0.2) is 0 Å². The summed E-state index contributed by atoms with van der Waals surface area (Å²) in [6.45, 7) is 0. The zero-order valence-corrected chi connectivity index (χ0v) is 10.6. The lowest BCUT2D eigenvalue weighted by molar-refractivity contribution is 0.318. The topological polar surface area (TPSA) is 75.7 Å². The number of fused-ring (bicyclic) bond motifs is 2. The third-order valence-corrected chi connectivity index (χ3v) is 4.11. The molecule has 3 aromatic rings. The van der Waals surface area contributed by atoms with Gasteiger partial charge in [0, 0.05) is 25.7 Å². The molecule has 0 amide bonds. The predicted octanol–water partition coefficient (Wildman–Crippen LogP) is 2.51. The predicted molar refractivity (Wildman–Crippen MR) is 78.1 cm³/mol. The lowest BCUT2D eigenvalue weighted by Crippen LogP contribution is -2.13. The Morgan fingerprint density at radius 3 is 2.63 bits per heavy atom. The minimum absolute atomic E-state index is 0.00964. The van der Waals surface area contributed by atoms with Crippen LogP contribution < -0.4 is 11.2 Å². The summed E-state index contributed by atoms with van der Waals surface area (Å²) < 4.78 is 1.75. The van der Waals surface area contributed by atoms with Gasteiger partial charge in [-0.2, -0.15) is 0 Å². The van der Waals surface area contributed by atoms with E-state index < -0.39 is 0 Å². The van der Waals surface area contributed by atoms with E-state index in [1.54, 1.807) is 18.2 Å². The summed E-state index contributed by atoms with van der Waals surface area (Å²) in [7, 11) is 0. The molecule has 19 heavy (non-hydrogen) atoms. The van der Waals surface area contributed by atoms with Gasteiger partial charge in [0.25, 0.3) is 0 Å². The molecule has 0 radical (unpaired) electrons. The van der Waals surface area contributed by atoms with Gasteiger partial charge < -0.3 is 10.9 Å². The highest BCUT2D eigenvalue weighted by molar-refractivity contribution is 7.24. The molecule has 3 N–H and O–H groups in total. The van der Waals surface area contributed by atoms with E-state index in [9.17, 15) is 4.79 Å². The molecule has 3 rings (SSSR count).